The number of piperazine rings is 1. The van der Waals surface area contributed by atoms with Gasteiger partial charge in [-0.1, -0.05) is 42.0 Å². The Morgan fingerprint density at radius 2 is 1.73 bits per heavy atom. The topological polar surface area (TPSA) is 69.5 Å². The van der Waals surface area contributed by atoms with Gasteiger partial charge in [-0.05, 0) is 25.1 Å². The molecule has 0 bridgehead atoms. The minimum atomic E-state index is -0.135. The highest BCUT2D eigenvalue weighted by molar-refractivity contribution is 5.57. The number of nitrogens with one attached hydrogen (secondary N) is 1. The van der Waals surface area contributed by atoms with E-state index in [-0.39, 0.29) is 5.56 Å². The molecule has 1 N–H and O–H groups in total. The van der Waals surface area contributed by atoms with Crippen molar-refractivity contribution in [2.24, 2.45) is 0 Å². The molecule has 0 spiro atoms. The van der Waals surface area contributed by atoms with Gasteiger partial charge >= 0.3 is 0 Å². The second-order valence-electron chi connectivity index (χ2n) is 7.76. The molecule has 7 nitrogen and oxygen atoms in total. The van der Waals surface area contributed by atoms with E-state index in [0.29, 0.717) is 18.1 Å². The number of aryl methyl sites for hydroxylation is 1. The van der Waals surface area contributed by atoms with Gasteiger partial charge in [0.05, 0.1) is 5.69 Å². The highest BCUT2D eigenvalue weighted by Gasteiger charge is 2.18. The van der Waals surface area contributed by atoms with E-state index in [1.807, 2.05) is 37.3 Å². The van der Waals surface area contributed by atoms with Gasteiger partial charge in [0.1, 0.15) is 0 Å². The summed E-state index contributed by atoms with van der Waals surface area (Å²) in [6, 6.07) is 20.1. The van der Waals surface area contributed by atoms with Crippen LogP contribution in [0, 0.1) is 6.92 Å². The molecule has 2 aromatic heterocycles. The van der Waals surface area contributed by atoms with Crippen LogP contribution in [-0.2, 0) is 6.54 Å². The molecule has 1 aliphatic rings. The lowest BCUT2D eigenvalue weighted by atomic mass is 10.1. The largest absolute Gasteiger partial charge is 0.369 e. The average Bonchev–Trinajstić information content (AvgIpc) is 3.20. The fourth-order valence-corrected chi connectivity index (χ4v) is 3.96. The number of rotatable bonds is 4. The first-order valence-corrected chi connectivity index (χ1v) is 10.2. The van der Waals surface area contributed by atoms with Crippen LogP contribution in [0.1, 0.15) is 11.3 Å². The summed E-state index contributed by atoms with van der Waals surface area (Å²) in [4.78, 5) is 26.5. The predicted molar refractivity (Wildman–Crippen MR) is 118 cm³/mol. The molecule has 0 aliphatic carbocycles. The van der Waals surface area contributed by atoms with Crippen molar-refractivity contribution < 1.29 is 0 Å². The third-order valence-electron chi connectivity index (χ3n) is 5.55. The Labute approximate surface area is 174 Å². The summed E-state index contributed by atoms with van der Waals surface area (Å²) in [6.45, 7) is 6.49. The number of anilines is 1. The van der Waals surface area contributed by atoms with Gasteiger partial charge in [-0.2, -0.15) is 9.50 Å². The van der Waals surface area contributed by atoms with Gasteiger partial charge in [-0.3, -0.25) is 14.8 Å². The lowest BCUT2D eigenvalue weighted by Gasteiger charge is -2.35. The van der Waals surface area contributed by atoms with Gasteiger partial charge in [0.25, 0.3) is 11.3 Å². The van der Waals surface area contributed by atoms with Crippen LogP contribution in [-0.4, -0.2) is 50.7 Å². The zero-order valence-electron chi connectivity index (χ0n) is 17.0. The molecule has 3 heterocycles. The molecule has 0 radical (unpaired) electrons. The Morgan fingerprint density at radius 1 is 0.933 bits per heavy atom. The number of nitrogens with zero attached hydrogens (tertiary/aromatic N) is 5. The molecule has 30 heavy (non-hydrogen) atoms. The number of para-hydroxylation sites is 1. The zero-order chi connectivity index (χ0) is 20.5. The normalized spacial score (nSPS) is 15.0. The molecule has 0 amide bonds. The van der Waals surface area contributed by atoms with E-state index in [2.05, 4.69) is 49.1 Å². The molecule has 152 valence electrons. The second-order valence-corrected chi connectivity index (χ2v) is 7.76. The van der Waals surface area contributed by atoms with Crippen LogP contribution in [0.25, 0.3) is 17.2 Å². The van der Waals surface area contributed by atoms with Crippen molar-refractivity contribution in [3.05, 3.63) is 82.3 Å². The Bertz CT molecular complexity index is 1220. The Balaban J connectivity index is 1.32. The number of fused-ring (bicyclic) bond motifs is 1. The molecule has 1 saturated heterocycles. The minimum Gasteiger partial charge on any atom is -0.369 e. The monoisotopic (exact) mass is 400 g/mol. The highest BCUT2D eigenvalue weighted by Crippen LogP contribution is 2.18. The molecule has 7 heteroatoms. The first-order chi connectivity index (χ1) is 14.7. The van der Waals surface area contributed by atoms with Crippen LogP contribution in [0.15, 0.2) is 65.5 Å². The fourth-order valence-electron chi connectivity index (χ4n) is 3.96. The SMILES string of the molecule is Cc1cccc(-c2nc3nc(CN4CCN(c5ccccc5)CC4)cc(=O)n3[nH]2)c1. The van der Waals surface area contributed by atoms with Crippen LogP contribution in [0.3, 0.4) is 0 Å². The molecule has 1 aliphatic heterocycles. The van der Waals surface area contributed by atoms with Gasteiger partial charge in [0.15, 0.2) is 5.82 Å². The van der Waals surface area contributed by atoms with Gasteiger partial charge in [0.2, 0.25) is 0 Å². The molecule has 4 aromatic rings. The summed E-state index contributed by atoms with van der Waals surface area (Å²) in [5.41, 5.74) is 3.97. The number of aromatic amines is 1. The van der Waals surface area contributed by atoms with Gasteiger partial charge in [0, 0.05) is 50.0 Å². The summed E-state index contributed by atoms with van der Waals surface area (Å²) in [6.07, 6.45) is 0. The summed E-state index contributed by atoms with van der Waals surface area (Å²) in [5.74, 6) is 1.06. The summed E-state index contributed by atoms with van der Waals surface area (Å²) in [5, 5.41) is 3.07. The smallest absolute Gasteiger partial charge is 0.274 e. The van der Waals surface area contributed by atoms with Gasteiger partial charge in [-0.15, -0.1) is 0 Å². The molecule has 1 fully saturated rings. The number of aromatic nitrogens is 4. The average molecular weight is 400 g/mol. The van der Waals surface area contributed by atoms with E-state index in [1.165, 1.54) is 10.2 Å². The van der Waals surface area contributed by atoms with Crippen molar-refractivity contribution in [3.63, 3.8) is 0 Å². The Morgan fingerprint density at radius 3 is 2.50 bits per heavy atom. The van der Waals surface area contributed by atoms with E-state index in [9.17, 15) is 4.79 Å². The molecule has 0 unspecified atom stereocenters. The number of benzene rings is 2. The number of H-pyrrole nitrogens is 1. The van der Waals surface area contributed by atoms with E-state index < -0.39 is 0 Å². The summed E-state index contributed by atoms with van der Waals surface area (Å²) in [7, 11) is 0. The Kier molecular flexibility index (Phi) is 4.80. The van der Waals surface area contributed by atoms with Crippen molar-refractivity contribution >= 4 is 11.5 Å². The van der Waals surface area contributed by atoms with Crippen LogP contribution in [0.5, 0.6) is 0 Å². The van der Waals surface area contributed by atoms with E-state index >= 15 is 0 Å². The maximum absolute atomic E-state index is 12.6. The predicted octanol–water partition coefficient (Wildman–Crippen LogP) is 2.72. The van der Waals surface area contributed by atoms with Crippen molar-refractivity contribution in [1.29, 1.82) is 0 Å². The zero-order valence-corrected chi connectivity index (χ0v) is 17.0. The maximum atomic E-state index is 12.6. The molecule has 0 saturated carbocycles. The van der Waals surface area contributed by atoms with E-state index in [4.69, 9.17) is 0 Å². The van der Waals surface area contributed by atoms with Crippen LogP contribution in [0.2, 0.25) is 0 Å². The molecular formula is C23H24N6O. The van der Waals surface area contributed by atoms with Crippen LogP contribution < -0.4 is 10.5 Å². The highest BCUT2D eigenvalue weighted by atomic mass is 16.1. The van der Waals surface area contributed by atoms with Crippen LogP contribution in [0.4, 0.5) is 5.69 Å². The number of hydrogen-bond acceptors (Lipinski definition) is 5. The summed E-state index contributed by atoms with van der Waals surface area (Å²) < 4.78 is 1.41. The lowest BCUT2D eigenvalue weighted by Crippen LogP contribution is -2.46. The number of hydrogen-bond donors (Lipinski definition) is 1. The quantitative estimate of drug-likeness (QED) is 0.570. The Hall–Kier alpha value is -3.45. The van der Waals surface area contributed by atoms with E-state index in [1.54, 1.807) is 6.07 Å². The first-order valence-electron chi connectivity index (χ1n) is 10.2. The van der Waals surface area contributed by atoms with Crippen molar-refractivity contribution in [1.82, 2.24) is 24.5 Å². The van der Waals surface area contributed by atoms with Crippen molar-refractivity contribution in [3.8, 4) is 11.4 Å². The van der Waals surface area contributed by atoms with Gasteiger partial charge < -0.3 is 4.90 Å². The minimum absolute atomic E-state index is 0.135. The van der Waals surface area contributed by atoms with Gasteiger partial charge in [-0.25, -0.2) is 4.98 Å². The second kappa shape index (κ2) is 7.76. The standard InChI is InChI=1S/C23H24N6O/c1-17-6-5-7-18(14-17)22-25-23-24-19(15-21(30)29(23)26-22)16-27-10-12-28(13-11-27)20-8-3-2-4-9-20/h2-9,14-15H,10-13,16H2,1H3,(H,24,25,26). The third kappa shape index (κ3) is 3.71. The molecule has 5 rings (SSSR count). The van der Waals surface area contributed by atoms with Crippen molar-refractivity contribution in [2.75, 3.05) is 31.1 Å². The molecular weight excluding hydrogens is 376 g/mol. The fraction of sp³-hybridized carbons (Fsp3) is 0.261. The third-order valence-corrected chi connectivity index (χ3v) is 5.55. The van der Waals surface area contributed by atoms with Crippen molar-refractivity contribution in [2.45, 2.75) is 13.5 Å². The molecule has 2 aromatic carbocycles. The lowest BCUT2D eigenvalue weighted by molar-refractivity contribution is 0.247. The summed E-state index contributed by atoms with van der Waals surface area (Å²) >= 11 is 0. The molecule has 0 atom stereocenters. The van der Waals surface area contributed by atoms with Crippen LogP contribution >= 0.6 is 0 Å². The first kappa shape index (κ1) is 18.6. The maximum Gasteiger partial charge on any atom is 0.274 e. The van der Waals surface area contributed by atoms with E-state index in [0.717, 1.165) is 43.0 Å².